The van der Waals surface area contributed by atoms with E-state index >= 15 is 0 Å². The predicted octanol–water partition coefficient (Wildman–Crippen LogP) is 0.372. The number of ether oxygens (including phenoxy) is 3. The van der Waals surface area contributed by atoms with Gasteiger partial charge in [-0.3, -0.25) is 0 Å². The van der Waals surface area contributed by atoms with Gasteiger partial charge in [-0.05, 0) is 48.2 Å². The van der Waals surface area contributed by atoms with Gasteiger partial charge in [-0.2, -0.15) is 0 Å². The number of rotatable bonds is 6. The summed E-state index contributed by atoms with van der Waals surface area (Å²) in [6.45, 7) is 2.65. The molecule has 2 heterocycles. The molecule has 0 aromatic heterocycles. The van der Waals surface area contributed by atoms with Gasteiger partial charge < -0.3 is 39.7 Å². The topological polar surface area (TPSA) is 129 Å². The highest BCUT2D eigenvalue weighted by Gasteiger charge is 2.53. The summed E-state index contributed by atoms with van der Waals surface area (Å²) in [6.07, 6.45) is -4.68. The van der Waals surface area contributed by atoms with Gasteiger partial charge in [0.2, 0.25) is 5.79 Å². The summed E-state index contributed by atoms with van der Waals surface area (Å²) in [5, 5.41) is 51.1. The quantitative estimate of drug-likeness (QED) is 0.431. The van der Waals surface area contributed by atoms with E-state index in [1.165, 1.54) is 0 Å². The number of hydrogen-bond donors (Lipinski definition) is 5. The zero-order valence-electron chi connectivity index (χ0n) is 17.9. The minimum atomic E-state index is -2.27. The van der Waals surface area contributed by atoms with Crippen molar-refractivity contribution in [2.45, 2.75) is 56.1 Å². The van der Waals surface area contributed by atoms with Gasteiger partial charge in [0.15, 0.2) is 0 Å². The van der Waals surface area contributed by atoms with Crippen LogP contribution in [0.15, 0.2) is 42.5 Å². The summed E-state index contributed by atoms with van der Waals surface area (Å²) in [5.74, 6) is -1.49. The average molecular weight is 446 g/mol. The normalized spacial score (nSPS) is 32.8. The highest BCUT2D eigenvalue weighted by molar-refractivity contribution is 5.39. The maximum Gasteiger partial charge on any atom is 0.222 e. The van der Waals surface area contributed by atoms with Crippen molar-refractivity contribution in [3.8, 4) is 5.75 Å². The van der Waals surface area contributed by atoms with Gasteiger partial charge in [0.1, 0.15) is 36.3 Å². The SMILES string of the molecule is Cc1ccc(C2(O)O[C@H](CO)[C@@H](O)[C@H](O)[C@H]2O)cc1Cc1ccc(OC2CCOC2)cc1. The molecule has 0 aliphatic carbocycles. The van der Waals surface area contributed by atoms with Gasteiger partial charge in [0, 0.05) is 12.0 Å². The lowest BCUT2D eigenvalue weighted by Gasteiger charge is -2.45. The molecule has 6 atom stereocenters. The number of aliphatic hydroxyl groups is 5. The third-order valence-corrected chi connectivity index (χ3v) is 6.24. The molecule has 2 aromatic rings. The van der Waals surface area contributed by atoms with Gasteiger partial charge in [-0.15, -0.1) is 0 Å². The van der Waals surface area contributed by atoms with E-state index in [1.54, 1.807) is 18.2 Å². The Labute approximate surface area is 186 Å². The van der Waals surface area contributed by atoms with Gasteiger partial charge >= 0.3 is 0 Å². The van der Waals surface area contributed by atoms with E-state index in [0.29, 0.717) is 13.0 Å². The fraction of sp³-hybridized carbons (Fsp3) is 0.500. The third kappa shape index (κ3) is 4.53. The average Bonchev–Trinajstić information content (AvgIpc) is 3.30. The highest BCUT2D eigenvalue weighted by atomic mass is 16.7. The Morgan fingerprint density at radius 2 is 1.81 bits per heavy atom. The van der Waals surface area contributed by atoms with Crippen LogP contribution in [0.1, 0.15) is 28.7 Å². The second kappa shape index (κ2) is 9.44. The maximum atomic E-state index is 11.1. The molecular formula is C24H30O8. The summed E-state index contributed by atoms with van der Waals surface area (Å²) in [4.78, 5) is 0. The minimum Gasteiger partial charge on any atom is -0.488 e. The summed E-state index contributed by atoms with van der Waals surface area (Å²) >= 11 is 0. The lowest BCUT2D eigenvalue weighted by molar-refractivity contribution is -0.357. The van der Waals surface area contributed by atoms with Crippen molar-refractivity contribution in [3.63, 3.8) is 0 Å². The number of hydrogen-bond acceptors (Lipinski definition) is 8. The monoisotopic (exact) mass is 446 g/mol. The van der Waals surface area contributed by atoms with Crippen LogP contribution in [0.5, 0.6) is 5.75 Å². The molecule has 2 unspecified atom stereocenters. The second-order valence-electron chi connectivity index (χ2n) is 8.53. The lowest BCUT2D eigenvalue weighted by atomic mass is 9.86. The first-order chi connectivity index (χ1) is 15.3. The van der Waals surface area contributed by atoms with Gasteiger partial charge in [-0.1, -0.05) is 24.3 Å². The first-order valence-corrected chi connectivity index (χ1v) is 10.8. The summed E-state index contributed by atoms with van der Waals surface area (Å²) in [6, 6.07) is 12.9. The smallest absolute Gasteiger partial charge is 0.222 e. The minimum absolute atomic E-state index is 0.0825. The number of benzene rings is 2. The van der Waals surface area contributed by atoms with Crippen molar-refractivity contribution in [1.82, 2.24) is 0 Å². The Bertz CT molecular complexity index is 909. The zero-order chi connectivity index (χ0) is 22.9. The fourth-order valence-electron chi connectivity index (χ4n) is 4.18. The first-order valence-electron chi connectivity index (χ1n) is 10.8. The molecule has 2 saturated heterocycles. The molecule has 2 aliphatic heterocycles. The van der Waals surface area contributed by atoms with Crippen LogP contribution in [0.3, 0.4) is 0 Å². The Kier molecular flexibility index (Phi) is 6.83. The Hall–Kier alpha value is -2.04. The molecule has 174 valence electrons. The van der Waals surface area contributed by atoms with E-state index < -0.39 is 36.8 Å². The van der Waals surface area contributed by atoms with E-state index in [4.69, 9.17) is 14.2 Å². The highest BCUT2D eigenvalue weighted by Crippen LogP contribution is 2.37. The molecule has 0 amide bonds. The van der Waals surface area contributed by atoms with Crippen LogP contribution >= 0.6 is 0 Å². The molecule has 0 bridgehead atoms. The zero-order valence-corrected chi connectivity index (χ0v) is 17.9. The fourth-order valence-corrected chi connectivity index (χ4v) is 4.18. The van der Waals surface area contributed by atoms with Gasteiger partial charge in [-0.25, -0.2) is 0 Å². The number of aliphatic hydroxyl groups excluding tert-OH is 4. The van der Waals surface area contributed by atoms with Gasteiger partial charge in [0.25, 0.3) is 0 Å². The van der Waals surface area contributed by atoms with Crippen LogP contribution in [0.4, 0.5) is 0 Å². The van der Waals surface area contributed by atoms with Crippen molar-refractivity contribution in [3.05, 3.63) is 64.7 Å². The van der Waals surface area contributed by atoms with E-state index in [1.807, 2.05) is 31.2 Å². The summed E-state index contributed by atoms with van der Waals surface area (Å²) in [5.41, 5.74) is 3.13. The molecule has 2 fully saturated rings. The van der Waals surface area contributed by atoms with Gasteiger partial charge in [0.05, 0.1) is 19.8 Å². The maximum absolute atomic E-state index is 11.1. The van der Waals surface area contributed by atoms with Crippen LogP contribution in [0.25, 0.3) is 0 Å². The molecule has 5 N–H and O–H groups in total. The van der Waals surface area contributed by atoms with Crippen molar-refractivity contribution < 1.29 is 39.7 Å². The van der Waals surface area contributed by atoms with Crippen LogP contribution in [-0.2, 0) is 21.7 Å². The first kappa shape index (κ1) is 23.1. The predicted molar refractivity (Wildman–Crippen MR) is 114 cm³/mol. The molecular weight excluding hydrogens is 416 g/mol. The Morgan fingerprint density at radius 3 is 2.47 bits per heavy atom. The van der Waals surface area contributed by atoms with Crippen molar-refractivity contribution >= 4 is 0 Å². The van der Waals surface area contributed by atoms with Crippen LogP contribution in [0.2, 0.25) is 0 Å². The Morgan fingerprint density at radius 1 is 1.06 bits per heavy atom. The van der Waals surface area contributed by atoms with E-state index in [0.717, 1.165) is 35.5 Å². The molecule has 0 radical (unpaired) electrons. The summed E-state index contributed by atoms with van der Waals surface area (Å²) in [7, 11) is 0. The molecule has 2 aromatic carbocycles. The van der Waals surface area contributed by atoms with E-state index in [2.05, 4.69) is 0 Å². The van der Waals surface area contributed by atoms with Crippen molar-refractivity contribution in [2.75, 3.05) is 19.8 Å². The standard InChI is InChI=1S/C24H30O8/c1-14-2-5-17(24(29)23(28)22(27)21(26)20(12-25)32-24)11-16(14)10-15-3-6-18(7-4-15)31-19-8-9-30-13-19/h2-7,11,19-23,25-29H,8-10,12-13H2,1H3/t19?,20-,21-,22+,23-,24?/m1/s1. The Balaban J connectivity index is 1.53. The molecule has 8 nitrogen and oxygen atoms in total. The van der Waals surface area contributed by atoms with Crippen LogP contribution in [0, 0.1) is 6.92 Å². The number of aryl methyl sites for hydroxylation is 1. The largest absolute Gasteiger partial charge is 0.488 e. The lowest BCUT2D eigenvalue weighted by Crippen LogP contribution is -2.63. The van der Waals surface area contributed by atoms with Crippen molar-refractivity contribution in [1.29, 1.82) is 0 Å². The second-order valence-corrected chi connectivity index (χ2v) is 8.53. The molecule has 2 aliphatic rings. The third-order valence-electron chi connectivity index (χ3n) is 6.24. The molecule has 32 heavy (non-hydrogen) atoms. The molecule has 0 saturated carbocycles. The van der Waals surface area contributed by atoms with E-state index in [-0.39, 0.29) is 11.7 Å². The molecule has 8 heteroatoms. The summed E-state index contributed by atoms with van der Waals surface area (Å²) < 4.78 is 16.7. The van der Waals surface area contributed by atoms with Crippen LogP contribution in [-0.4, -0.2) is 75.9 Å². The van der Waals surface area contributed by atoms with Crippen molar-refractivity contribution in [2.24, 2.45) is 0 Å². The van der Waals surface area contributed by atoms with E-state index in [9.17, 15) is 25.5 Å². The molecule has 4 rings (SSSR count). The van der Waals surface area contributed by atoms with Crippen LogP contribution < -0.4 is 4.74 Å². The molecule has 0 spiro atoms.